The van der Waals surface area contributed by atoms with Crippen LogP contribution in [-0.2, 0) is 7.05 Å². The second-order valence-corrected chi connectivity index (χ2v) is 3.58. The highest BCUT2D eigenvalue weighted by Gasteiger charge is 2.15. The van der Waals surface area contributed by atoms with Crippen LogP contribution in [0.3, 0.4) is 0 Å². The van der Waals surface area contributed by atoms with Gasteiger partial charge in [-0.05, 0) is 18.9 Å². The Balaban J connectivity index is 2.17. The fraction of sp³-hybridized carbons (Fsp3) is 0.364. The highest BCUT2D eigenvalue weighted by molar-refractivity contribution is 5.25. The molecule has 0 saturated heterocycles. The fourth-order valence-corrected chi connectivity index (χ4v) is 1.66. The molecule has 2 nitrogen and oxygen atoms in total. The van der Waals surface area contributed by atoms with Crippen LogP contribution in [0.5, 0.6) is 0 Å². The summed E-state index contributed by atoms with van der Waals surface area (Å²) >= 11 is 0. The van der Waals surface area contributed by atoms with Crippen LogP contribution in [0, 0.1) is 0 Å². The lowest BCUT2D eigenvalue weighted by molar-refractivity contribution is -0.671. The summed E-state index contributed by atoms with van der Waals surface area (Å²) in [5.41, 5.74) is 1.48. The molecule has 0 fully saturated rings. The van der Waals surface area contributed by atoms with Crippen LogP contribution >= 0.6 is 0 Å². The van der Waals surface area contributed by atoms with E-state index in [2.05, 4.69) is 53.0 Å². The van der Waals surface area contributed by atoms with Crippen LogP contribution in [0.4, 0.5) is 0 Å². The molecule has 1 aromatic rings. The van der Waals surface area contributed by atoms with Crippen molar-refractivity contribution in [2.75, 3.05) is 0 Å². The van der Waals surface area contributed by atoms with Gasteiger partial charge in [0.2, 0.25) is 6.33 Å². The van der Waals surface area contributed by atoms with E-state index in [9.17, 15) is 0 Å². The highest BCUT2D eigenvalue weighted by Crippen LogP contribution is 2.23. The number of allylic oxidation sites excluding steroid dienone is 4. The standard InChI is InChI=1S/C11H15N2/c1-10(11-5-3-4-6-11)13-8-7-12(2)9-13/h3-5,7-10H,6H2,1-2H3/q+1. The van der Waals surface area contributed by atoms with Crippen molar-refractivity contribution in [3.63, 3.8) is 0 Å². The summed E-state index contributed by atoms with van der Waals surface area (Å²) in [5, 5.41) is 0. The molecule has 1 aromatic heterocycles. The van der Waals surface area contributed by atoms with Crippen molar-refractivity contribution in [3.05, 3.63) is 42.5 Å². The summed E-state index contributed by atoms with van der Waals surface area (Å²) in [5.74, 6) is 0. The van der Waals surface area contributed by atoms with Crippen molar-refractivity contribution < 1.29 is 4.57 Å². The average molecular weight is 175 g/mol. The first kappa shape index (κ1) is 8.30. The van der Waals surface area contributed by atoms with E-state index < -0.39 is 0 Å². The van der Waals surface area contributed by atoms with Gasteiger partial charge in [-0.15, -0.1) is 0 Å². The van der Waals surface area contributed by atoms with Crippen molar-refractivity contribution in [2.45, 2.75) is 19.4 Å². The van der Waals surface area contributed by atoms with Crippen LogP contribution in [0.1, 0.15) is 19.4 Å². The monoisotopic (exact) mass is 175 g/mol. The molecule has 0 spiro atoms. The molecule has 2 heteroatoms. The molecule has 0 aromatic carbocycles. The van der Waals surface area contributed by atoms with E-state index in [4.69, 9.17) is 0 Å². The number of rotatable bonds is 2. The second kappa shape index (κ2) is 3.21. The molecule has 0 amide bonds. The van der Waals surface area contributed by atoms with Gasteiger partial charge in [0.05, 0.1) is 7.05 Å². The SMILES string of the molecule is CC(C1=CC=CC1)n1cc[n+](C)c1. The number of hydrogen-bond acceptors (Lipinski definition) is 0. The van der Waals surface area contributed by atoms with E-state index in [1.54, 1.807) is 0 Å². The van der Waals surface area contributed by atoms with Gasteiger partial charge in [0, 0.05) is 0 Å². The number of imidazole rings is 1. The molecule has 1 aliphatic carbocycles. The van der Waals surface area contributed by atoms with Crippen LogP contribution in [0.25, 0.3) is 0 Å². The molecule has 0 bridgehead atoms. The zero-order valence-electron chi connectivity index (χ0n) is 8.14. The molecule has 1 atom stereocenters. The third-order valence-electron chi connectivity index (χ3n) is 2.57. The maximum Gasteiger partial charge on any atom is 0.244 e. The van der Waals surface area contributed by atoms with Crippen molar-refractivity contribution in [1.29, 1.82) is 0 Å². The molecule has 68 valence electrons. The Morgan fingerprint density at radius 1 is 1.54 bits per heavy atom. The number of aromatic nitrogens is 2. The van der Waals surface area contributed by atoms with E-state index in [0.29, 0.717) is 6.04 Å². The quantitative estimate of drug-likeness (QED) is 0.606. The molecular formula is C11H15N2+. The molecule has 1 heterocycles. The Hall–Kier alpha value is -1.31. The Bertz CT molecular complexity index is 358. The van der Waals surface area contributed by atoms with Gasteiger partial charge < -0.3 is 0 Å². The van der Waals surface area contributed by atoms with Crippen LogP contribution in [0.15, 0.2) is 42.5 Å². The maximum atomic E-state index is 2.23. The van der Waals surface area contributed by atoms with Gasteiger partial charge in [0.15, 0.2) is 0 Å². The third-order valence-corrected chi connectivity index (χ3v) is 2.57. The van der Waals surface area contributed by atoms with Gasteiger partial charge in [-0.25, -0.2) is 9.13 Å². The normalized spacial score (nSPS) is 17.5. The summed E-state index contributed by atoms with van der Waals surface area (Å²) in [6, 6.07) is 0.483. The first-order valence-corrected chi connectivity index (χ1v) is 4.65. The molecule has 1 aliphatic rings. The Labute approximate surface area is 78.8 Å². The van der Waals surface area contributed by atoms with Crippen molar-refractivity contribution >= 4 is 0 Å². The van der Waals surface area contributed by atoms with Crippen molar-refractivity contribution in [3.8, 4) is 0 Å². The lowest BCUT2D eigenvalue weighted by Crippen LogP contribution is -2.24. The van der Waals surface area contributed by atoms with E-state index >= 15 is 0 Å². The van der Waals surface area contributed by atoms with Gasteiger partial charge in [-0.2, -0.15) is 0 Å². The molecule has 0 radical (unpaired) electrons. The molecule has 0 saturated carbocycles. The molecule has 0 N–H and O–H groups in total. The third kappa shape index (κ3) is 1.57. The second-order valence-electron chi connectivity index (χ2n) is 3.58. The zero-order chi connectivity index (χ0) is 9.26. The fourth-order valence-electron chi connectivity index (χ4n) is 1.66. The largest absolute Gasteiger partial charge is 0.244 e. The number of aryl methyl sites for hydroxylation is 1. The lowest BCUT2D eigenvalue weighted by Gasteiger charge is -2.08. The predicted octanol–water partition coefficient (Wildman–Crippen LogP) is 1.76. The maximum absolute atomic E-state index is 2.23. The van der Waals surface area contributed by atoms with Gasteiger partial charge in [0.25, 0.3) is 0 Å². The summed E-state index contributed by atoms with van der Waals surface area (Å²) in [4.78, 5) is 0. The zero-order valence-corrected chi connectivity index (χ0v) is 8.14. The van der Waals surface area contributed by atoms with Crippen LogP contribution < -0.4 is 4.57 Å². The molecule has 1 unspecified atom stereocenters. The molecule has 0 aliphatic heterocycles. The highest BCUT2D eigenvalue weighted by atomic mass is 15.1. The summed E-state index contributed by atoms with van der Waals surface area (Å²) in [6.45, 7) is 2.23. The molecular weight excluding hydrogens is 160 g/mol. The topological polar surface area (TPSA) is 8.81 Å². The minimum atomic E-state index is 0.483. The van der Waals surface area contributed by atoms with Gasteiger partial charge in [-0.1, -0.05) is 18.2 Å². The molecule has 2 rings (SSSR count). The van der Waals surface area contributed by atoms with E-state index in [1.807, 2.05) is 7.05 Å². The predicted molar refractivity (Wildman–Crippen MR) is 52.2 cm³/mol. The van der Waals surface area contributed by atoms with Gasteiger partial charge in [-0.3, -0.25) is 0 Å². The van der Waals surface area contributed by atoms with E-state index in [-0.39, 0.29) is 0 Å². The minimum absolute atomic E-state index is 0.483. The summed E-state index contributed by atoms with van der Waals surface area (Å²) in [7, 11) is 2.05. The van der Waals surface area contributed by atoms with Gasteiger partial charge in [0.1, 0.15) is 18.4 Å². The Morgan fingerprint density at radius 2 is 2.38 bits per heavy atom. The molecule has 13 heavy (non-hydrogen) atoms. The lowest BCUT2D eigenvalue weighted by atomic mass is 10.1. The van der Waals surface area contributed by atoms with Crippen molar-refractivity contribution in [2.24, 2.45) is 7.05 Å². The number of nitrogens with zero attached hydrogens (tertiary/aromatic N) is 2. The van der Waals surface area contributed by atoms with E-state index in [0.717, 1.165) is 6.42 Å². The Morgan fingerprint density at radius 3 is 2.92 bits per heavy atom. The van der Waals surface area contributed by atoms with Crippen LogP contribution in [-0.4, -0.2) is 4.57 Å². The first-order valence-electron chi connectivity index (χ1n) is 4.65. The Kier molecular flexibility index (Phi) is 2.05. The van der Waals surface area contributed by atoms with E-state index in [1.165, 1.54) is 5.57 Å². The van der Waals surface area contributed by atoms with Crippen LogP contribution in [0.2, 0.25) is 0 Å². The summed E-state index contributed by atoms with van der Waals surface area (Å²) in [6.07, 6.45) is 13.9. The minimum Gasteiger partial charge on any atom is -0.240 e. The van der Waals surface area contributed by atoms with Gasteiger partial charge >= 0.3 is 0 Å². The smallest absolute Gasteiger partial charge is 0.240 e. The number of hydrogen-bond donors (Lipinski definition) is 0. The van der Waals surface area contributed by atoms with Crippen molar-refractivity contribution in [1.82, 2.24) is 4.57 Å². The summed E-state index contributed by atoms with van der Waals surface area (Å²) < 4.78 is 4.30. The first-order chi connectivity index (χ1) is 6.27. The average Bonchev–Trinajstić information content (AvgIpc) is 2.72.